The molecule has 1 N–H and O–H groups in total. The summed E-state index contributed by atoms with van der Waals surface area (Å²) in [6.07, 6.45) is 7.00. The first-order valence-corrected chi connectivity index (χ1v) is 7.32. The monoisotopic (exact) mass is 238 g/mol. The number of nitrogens with zero attached hydrogens (tertiary/aromatic N) is 1. The molecule has 98 valence electrons. The van der Waals surface area contributed by atoms with Gasteiger partial charge in [0.05, 0.1) is 6.61 Å². The second-order valence-corrected chi connectivity index (χ2v) is 6.27. The molecule has 3 heteroatoms. The fraction of sp³-hybridized carbons (Fsp3) is 1.00. The molecule has 0 radical (unpaired) electrons. The largest absolute Gasteiger partial charge is 0.384 e. The maximum absolute atomic E-state index is 5.31. The van der Waals surface area contributed by atoms with Gasteiger partial charge in [-0.3, -0.25) is 0 Å². The van der Waals surface area contributed by atoms with Crippen LogP contribution in [0.2, 0.25) is 0 Å². The minimum Gasteiger partial charge on any atom is -0.384 e. The molecule has 0 aromatic heterocycles. The summed E-state index contributed by atoms with van der Waals surface area (Å²) in [4.78, 5) is 2.69. The van der Waals surface area contributed by atoms with Gasteiger partial charge in [-0.1, -0.05) is 0 Å². The maximum atomic E-state index is 5.31. The van der Waals surface area contributed by atoms with Gasteiger partial charge in [-0.25, -0.2) is 0 Å². The number of rotatable bonds is 4. The Bertz CT molecular complexity index is 257. The van der Waals surface area contributed by atoms with Crippen molar-refractivity contribution in [3.63, 3.8) is 0 Å². The van der Waals surface area contributed by atoms with Crippen LogP contribution >= 0.6 is 0 Å². The SMILES string of the molecule is COCC1CCCN(CC2CC3CCC2N3)C1. The molecule has 0 aromatic rings. The molecule has 17 heavy (non-hydrogen) atoms. The summed E-state index contributed by atoms with van der Waals surface area (Å²) < 4.78 is 5.31. The van der Waals surface area contributed by atoms with Crippen molar-refractivity contribution in [2.45, 2.75) is 44.2 Å². The average Bonchev–Trinajstić information content (AvgIpc) is 2.92. The van der Waals surface area contributed by atoms with Crippen LogP contribution in [0.3, 0.4) is 0 Å². The van der Waals surface area contributed by atoms with Crippen LogP contribution in [0.15, 0.2) is 0 Å². The Labute approximate surface area is 105 Å². The molecule has 4 unspecified atom stereocenters. The molecule has 2 bridgehead atoms. The zero-order chi connectivity index (χ0) is 11.7. The van der Waals surface area contributed by atoms with E-state index >= 15 is 0 Å². The van der Waals surface area contributed by atoms with E-state index in [4.69, 9.17) is 4.74 Å². The summed E-state index contributed by atoms with van der Waals surface area (Å²) in [5.74, 6) is 1.70. The van der Waals surface area contributed by atoms with Gasteiger partial charge in [0.1, 0.15) is 0 Å². The van der Waals surface area contributed by atoms with Crippen LogP contribution in [0.5, 0.6) is 0 Å². The smallest absolute Gasteiger partial charge is 0.0502 e. The van der Waals surface area contributed by atoms with Crippen LogP contribution in [0.4, 0.5) is 0 Å². The maximum Gasteiger partial charge on any atom is 0.0502 e. The van der Waals surface area contributed by atoms with Crippen molar-refractivity contribution < 1.29 is 4.74 Å². The number of methoxy groups -OCH3 is 1. The van der Waals surface area contributed by atoms with Crippen molar-refractivity contribution in [3.05, 3.63) is 0 Å². The third-order valence-electron chi connectivity index (χ3n) is 4.93. The predicted molar refractivity (Wildman–Crippen MR) is 69.1 cm³/mol. The van der Waals surface area contributed by atoms with Crippen molar-refractivity contribution in [2.24, 2.45) is 11.8 Å². The number of nitrogens with one attached hydrogen (secondary N) is 1. The van der Waals surface area contributed by atoms with Crippen molar-refractivity contribution in [1.82, 2.24) is 10.2 Å². The lowest BCUT2D eigenvalue weighted by Crippen LogP contribution is -2.42. The molecule has 3 nitrogen and oxygen atoms in total. The molecule has 3 rings (SSSR count). The van der Waals surface area contributed by atoms with E-state index in [1.165, 1.54) is 51.7 Å². The summed E-state index contributed by atoms with van der Waals surface area (Å²) in [6, 6.07) is 1.69. The van der Waals surface area contributed by atoms with Crippen LogP contribution in [0.1, 0.15) is 32.1 Å². The van der Waals surface area contributed by atoms with Crippen LogP contribution in [0, 0.1) is 11.8 Å². The van der Waals surface area contributed by atoms with Crippen LogP contribution in [-0.4, -0.2) is 50.3 Å². The highest BCUT2D eigenvalue weighted by Crippen LogP contribution is 2.34. The third-order valence-corrected chi connectivity index (χ3v) is 4.93. The van der Waals surface area contributed by atoms with Crippen molar-refractivity contribution in [2.75, 3.05) is 33.4 Å². The molecule has 0 spiro atoms. The molecule has 3 fully saturated rings. The van der Waals surface area contributed by atoms with Gasteiger partial charge in [-0.2, -0.15) is 0 Å². The normalized spacial score (nSPS) is 42.2. The Morgan fingerprint density at radius 3 is 2.94 bits per heavy atom. The van der Waals surface area contributed by atoms with Gasteiger partial charge in [0, 0.05) is 32.3 Å². The number of fused-ring (bicyclic) bond motifs is 2. The molecule has 0 amide bonds. The summed E-state index contributed by atoms with van der Waals surface area (Å²) in [6.45, 7) is 4.86. The summed E-state index contributed by atoms with van der Waals surface area (Å²) in [5, 5.41) is 3.75. The highest BCUT2D eigenvalue weighted by atomic mass is 16.5. The van der Waals surface area contributed by atoms with E-state index in [1.807, 2.05) is 7.11 Å². The number of ether oxygens (including phenoxy) is 1. The number of hydrogen-bond donors (Lipinski definition) is 1. The summed E-state index contributed by atoms with van der Waals surface area (Å²) in [5.41, 5.74) is 0. The molecular weight excluding hydrogens is 212 g/mol. The Morgan fingerprint density at radius 2 is 2.24 bits per heavy atom. The van der Waals surface area contributed by atoms with Crippen LogP contribution in [0.25, 0.3) is 0 Å². The van der Waals surface area contributed by atoms with Gasteiger partial charge in [0.15, 0.2) is 0 Å². The molecular formula is C14H26N2O. The standard InChI is InChI=1S/C14H26N2O/c1-17-10-11-3-2-6-16(8-11)9-12-7-13-4-5-14(12)15-13/h11-15H,2-10H2,1H3. The first-order valence-electron chi connectivity index (χ1n) is 7.32. The van der Waals surface area contributed by atoms with Crippen molar-refractivity contribution in [3.8, 4) is 0 Å². The Kier molecular flexibility index (Phi) is 3.69. The van der Waals surface area contributed by atoms with Gasteiger partial charge in [0.2, 0.25) is 0 Å². The van der Waals surface area contributed by atoms with Crippen LogP contribution in [-0.2, 0) is 4.74 Å². The van der Waals surface area contributed by atoms with Gasteiger partial charge in [0.25, 0.3) is 0 Å². The fourth-order valence-electron chi connectivity index (χ4n) is 4.16. The fourth-order valence-corrected chi connectivity index (χ4v) is 4.16. The first kappa shape index (κ1) is 11.9. The minimum atomic E-state index is 0.778. The zero-order valence-corrected chi connectivity index (χ0v) is 11.0. The average molecular weight is 238 g/mol. The molecule has 0 saturated carbocycles. The van der Waals surface area contributed by atoms with Crippen molar-refractivity contribution in [1.29, 1.82) is 0 Å². The molecule has 0 aliphatic carbocycles. The van der Waals surface area contributed by atoms with E-state index in [9.17, 15) is 0 Å². The second-order valence-electron chi connectivity index (χ2n) is 6.27. The topological polar surface area (TPSA) is 24.5 Å². The van der Waals surface area contributed by atoms with E-state index in [0.717, 1.165) is 30.5 Å². The number of hydrogen-bond acceptors (Lipinski definition) is 3. The van der Waals surface area contributed by atoms with Gasteiger partial charge >= 0.3 is 0 Å². The van der Waals surface area contributed by atoms with E-state index in [-0.39, 0.29) is 0 Å². The number of piperidine rings is 1. The van der Waals surface area contributed by atoms with Gasteiger partial charge < -0.3 is 15.0 Å². The predicted octanol–water partition coefficient (Wildman–Crippen LogP) is 1.49. The third kappa shape index (κ3) is 2.67. The molecule has 3 saturated heterocycles. The zero-order valence-electron chi connectivity index (χ0n) is 11.0. The molecule has 3 aliphatic rings. The highest BCUT2D eigenvalue weighted by molar-refractivity contribution is 4.98. The van der Waals surface area contributed by atoms with Crippen LogP contribution < -0.4 is 5.32 Å². The van der Waals surface area contributed by atoms with Gasteiger partial charge in [-0.05, 0) is 50.5 Å². The quantitative estimate of drug-likeness (QED) is 0.803. The second kappa shape index (κ2) is 5.25. The Morgan fingerprint density at radius 1 is 1.29 bits per heavy atom. The first-order chi connectivity index (χ1) is 8.35. The lowest BCUT2D eigenvalue weighted by atomic mass is 9.88. The molecule has 0 aromatic carbocycles. The summed E-state index contributed by atoms with van der Waals surface area (Å²) in [7, 11) is 1.83. The van der Waals surface area contributed by atoms with E-state index in [0.29, 0.717) is 0 Å². The highest BCUT2D eigenvalue weighted by Gasteiger charge is 2.39. The number of likely N-dealkylation sites (tertiary alicyclic amines) is 1. The Balaban J connectivity index is 1.48. The van der Waals surface area contributed by atoms with Crippen molar-refractivity contribution >= 4 is 0 Å². The van der Waals surface area contributed by atoms with Gasteiger partial charge in [-0.15, -0.1) is 0 Å². The van der Waals surface area contributed by atoms with E-state index in [1.54, 1.807) is 0 Å². The summed E-state index contributed by atoms with van der Waals surface area (Å²) >= 11 is 0. The minimum absolute atomic E-state index is 0.778. The van der Waals surface area contributed by atoms with E-state index in [2.05, 4.69) is 10.2 Å². The molecule has 3 aliphatic heterocycles. The molecule has 4 atom stereocenters. The molecule has 3 heterocycles. The lowest BCUT2D eigenvalue weighted by Gasteiger charge is -2.35. The lowest BCUT2D eigenvalue weighted by molar-refractivity contribution is 0.0801. The van der Waals surface area contributed by atoms with E-state index < -0.39 is 0 Å². The Hall–Kier alpha value is -0.120.